The first-order chi connectivity index (χ1) is 18.2. The van der Waals surface area contributed by atoms with Gasteiger partial charge in [-0.3, -0.25) is 4.79 Å². The third-order valence-electron chi connectivity index (χ3n) is 6.68. The van der Waals surface area contributed by atoms with Crippen molar-refractivity contribution in [3.05, 3.63) is 73.0 Å². The highest BCUT2D eigenvalue weighted by Crippen LogP contribution is 2.35. The number of H-pyrrole nitrogens is 2. The molecule has 11 nitrogen and oxygen atoms in total. The summed E-state index contributed by atoms with van der Waals surface area (Å²) in [6.45, 7) is 0.923. The molecule has 188 valence electrons. The molecular weight excluding hydrogens is 470 g/mol. The highest BCUT2D eigenvalue weighted by Gasteiger charge is 2.31. The molecule has 3 atom stereocenters. The minimum absolute atomic E-state index is 0.0834. The molecule has 4 heterocycles. The molecule has 1 saturated heterocycles. The van der Waals surface area contributed by atoms with E-state index in [1.54, 1.807) is 18.9 Å². The Morgan fingerprint density at radius 3 is 2.95 bits per heavy atom. The van der Waals surface area contributed by atoms with E-state index >= 15 is 0 Å². The molecule has 6 N–H and O–H groups in total. The van der Waals surface area contributed by atoms with Gasteiger partial charge in [-0.05, 0) is 43.0 Å². The van der Waals surface area contributed by atoms with Gasteiger partial charge < -0.3 is 31.1 Å². The number of hydrogen-bond acceptors (Lipinski definition) is 8. The van der Waals surface area contributed by atoms with Gasteiger partial charge in [0.1, 0.15) is 23.3 Å². The monoisotopic (exact) mass is 497 g/mol. The SMILES string of the molecule is NC(Cc1cnc[nH]1)C(=O)Nc1ccc2cccc(O[C@@H](c3ncnc4nc[nH]c34)C3CCCN3)c2c1. The number of fused-ring (bicyclic) bond motifs is 2. The van der Waals surface area contributed by atoms with E-state index in [0.29, 0.717) is 23.5 Å². The highest BCUT2D eigenvalue weighted by molar-refractivity contribution is 5.98. The lowest BCUT2D eigenvalue weighted by Gasteiger charge is -2.25. The normalized spacial score (nSPS) is 17.2. The van der Waals surface area contributed by atoms with E-state index in [2.05, 4.69) is 40.5 Å². The molecule has 1 amide bonds. The van der Waals surface area contributed by atoms with Crippen LogP contribution in [0.5, 0.6) is 5.75 Å². The molecule has 37 heavy (non-hydrogen) atoms. The zero-order valence-corrected chi connectivity index (χ0v) is 20.0. The molecule has 1 fully saturated rings. The first-order valence-corrected chi connectivity index (χ1v) is 12.3. The molecule has 6 rings (SSSR count). The largest absolute Gasteiger partial charge is 0.482 e. The number of aromatic amines is 2. The van der Waals surface area contributed by atoms with Gasteiger partial charge in [0.25, 0.3) is 0 Å². The Labute approximate surface area is 212 Å². The number of benzene rings is 2. The van der Waals surface area contributed by atoms with Gasteiger partial charge in [-0.15, -0.1) is 0 Å². The minimum atomic E-state index is -0.713. The number of hydrogen-bond donors (Lipinski definition) is 5. The van der Waals surface area contributed by atoms with Crippen LogP contribution in [0.4, 0.5) is 5.69 Å². The Kier molecular flexibility index (Phi) is 6.21. The molecule has 1 aliphatic rings. The fraction of sp³-hybridized carbons (Fsp3) is 0.269. The van der Waals surface area contributed by atoms with Gasteiger partial charge in [0.2, 0.25) is 5.91 Å². The van der Waals surface area contributed by atoms with E-state index in [-0.39, 0.29) is 18.1 Å². The fourth-order valence-electron chi connectivity index (χ4n) is 4.82. The van der Waals surface area contributed by atoms with Crippen LogP contribution in [-0.4, -0.2) is 54.4 Å². The standard InChI is InChI=1S/C26H27N9O2/c27-19(10-17-11-28-12-30-17)26(36)35-16-7-6-15-3-1-5-21(18(15)9-16)37-24(20-4-2-8-29-20)22-23-25(33-13-31-22)34-14-32-23/h1,3,5-7,9,11-14,19-20,24,29H,2,4,8,10,27H2,(H,28,30)(H,35,36)(H,31,32,33,34)/t19?,20?,24-/m1/s1. The Morgan fingerprint density at radius 2 is 2.11 bits per heavy atom. The molecule has 1 aliphatic heterocycles. The first-order valence-electron chi connectivity index (χ1n) is 12.3. The van der Waals surface area contributed by atoms with Crippen molar-refractivity contribution in [3.63, 3.8) is 0 Å². The van der Waals surface area contributed by atoms with Crippen molar-refractivity contribution in [2.75, 3.05) is 11.9 Å². The van der Waals surface area contributed by atoms with Crippen LogP contribution < -0.4 is 21.1 Å². The maximum Gasteiger partial charge on any atom is 0.241 e. The Hall–Kier alpha value is -4.35. The van der Waals surface area contributed by atoms with E-state index in [1.807, 2.05) is 36.4 Å². The molecule has 2 unspecified atom stereocenters. The second-order valence-electron chi connectivity index (χ2n) is 9.17. The van der Waals surface area contributed by atoms with Crippen molar-refractivity contribution < 1.29 is 9.53 Å². The van der Waals surface area contributed by atoms with E-state index in [4.69, 9.17) is 10.5 Å². The van der Waals surface area contributed by atoms with Gasteiger partial charge in [-0.1, -0.05) is 18.2 Å². The number of rotatable bonds is 8. The summed E-state index contributed by atoms with van der Waals surface area (Å²) in [6.07, 6.45) is 8.40. The average Bonchev–Trinajstić information content (AvgIpc) is 3.70. The number of amides is 1. The summed E-state index contributed by atoms with van der Waals surface area (Å²) in [5.74, 6) is 0.420. The number of nitrogens with two attached hydrogens (primary N) is 1. The molecular formula is C26H27N9O2. The van der Waals surface area contributed by atoms with Gasteiger partial charge in [0.15, 0.2) is 11.8 Å². The Morgan fingerprint density at radius 1 is 1.16 bits per heavy atom. The van der Waals surface area contributed by atoms with E-state index in [1.165, 1.54) is 6.33 Å². The summed E-state index contributed by atoms with van der Waals surface area (Å²) in [5, 5.41) is 8.35. The van der Waals surface area contributed by atoms with Gasteiger partial charge in [-0.2, -0.15) is 0 Å². The van der Waals surface area contributed by atoms with Crippen LogP contribution >= 0.6 is 0 Å². The summed E-state index contributed by atoms with van der Waals surface area (Å²) in [6, 6.07) is 11.0. The zero-order valence-electron chi connectivity index (χ0n) is 20.0. The number of nitrogens with zero attached hydrogens (tertiary/aromatic N) is 4. The number of anilines is 1. The van der Waals surface area contributed by atoms with Crippen molar-refractivity contribution in [1.82, 2.24) is 35.2 Å². The molecule has 0 spiro atoms. The average molecular weight is 498 g/mol. The third kappa shape index (κ3) is 4.74. The predicted octanol–water partition coefficient (Wildman–Crippen LogP) is 2.61. The van der Waals surface area contributed by atoms with Crippen LogP contribution in [0.1, 0.15) is 30.3 Å². The van der Waals surface area contributed by atoms with Crippen LogP contribution in [0.15, 0.2) is 61.6 Å². The maximum absolute atomic E-state index is 12.8. The topological polar surface area (TPSA) is 160 Å². The fourth-order valence-corrected chi connectivity index (χ4v) is 4.82. The van der Waals surface area contributed by atoms with Crippen molar-refractivity contribution in [1.29, 1.82) is 0 Å². The molecule has 11 heteroatoms. The third-order valence-corrected chi connectivity index (χ3v) is 6.68. The van der Waals surface area contributed by atoms with Crippen molar-refractivity contribution in [2.45, 2.75) is 37.5 Å². The molecule has 3 aromatic heterocycles. The van der Waals surface area contributed by atoms with E-state index in [0.717, 1.165) is 47.1 Å². The van der Waals surface area contributed by atoms with Crippen LogP contribution in [0, 0.1) is 0 Å². The van der Waals surface area contributed by atoms with Crippen molar-refractivity contribution in [2.24, 2.45) is 5.73 Å². The summed E-state index contributed by atoms with van der Waals surface area (Å²) in [4.78, 5) is 36.0. The minimum Gasteiger partial charge on any atom is -0.482 e. The lowest BCUT2D eigenvalue weighted by Crippen LogP contribution is -2.37. The lowest BCUT2D eigenvalue weighted by molar-refractivity contribution is -0.117. The van der Waals surface area contributed by atoms with Gasteiger partial charge >= 0.3 is 0 Å². The number of carbonyl (C=O) groups is 1. The lowest BCUT2D eigenvalue weighted by atomic mass is 10.0. The van der Waals surface area contributed by atoms with Gasteiger partial charge in [0.05, 0.1) is 24.7 Å². The van der Waals surface area contributed by atoms with Crippen LogP contribution in [0.2, 0.25) is 0 Å². The quantitative estimate of drug-likeness (QED) is 0.219. The van der Waals surface area contributed by atoms with E-state index in [9.17, 15) is 4.79 Å². The summed E-state index contributed by atoms with van der Waals surface area (Å²) in [5.41, 5.74) is 9.69. The van der Waals surface area contributed by atoms with Crippen LogP contribution in [-0.2, 0) is 11.2 Å². The smallest absolute Gasteiger partial charge is 0.241 e. The van der Waals surface area contributed by atoms with Crippen LogP contribution in [0.3, 0.4) is 0 Å². The first kappa shape index (κ1) is 23.1. The maximum atomic E-state index is 12.8. The zero-order chi connectivity index (χ0) is 25.2. The van der Waals surface area contributed by atoms with E-state index < -0.39 is 6.04 Å². The second-order valence-corrected chi connectivity index (χ2v) is 9.17. The number of imidazole rings is 2. The van der Waals surface area contributed by atoms with Crippen molar-refractivity contribution >= 4 is 33.5 Å². The number of carbonyl (C=O) groups excluding carboxylic acids is 1. The molecule has 0 aliphatic carbocycles. The van der Waals surface area contributed by atoms with Crippen molar-refractivity contribution in [3.8, 4) is 5.75 Å². The highest BCUT2D eigenvalue weighted by atomic mass is 16.5. The molecule has 0 radical (unpaired) electrons. The predicted molar refractivity (Wildman–Crippen MR) is 139 cm³/mol. The number of nitrogens with one attached hydrogen (secondary N) is 4. The summed E-state index contributed by atoms with van der Waals surface area (Å²) < 4.78 is 6.70. The Balaban J connectivity index is 1.30. The summed E-state index contributed by atoms with van der Waals surface area (Å²) in [7, 11) is 0. The Bertz CT molecular complexity index is 1530. The molecule has 0 saturated carbocycles. The van der Waals surface area contributed by atoms with Gasteiger partial charge in [0, 0.05) is 29.4 Å². The summed E-state index contributed by atoms with van der Waals surface area (Å²) >= 11 is 0. The molecule has 5 aromatic rings. The van der Waals surface area contributed by atoms with Gasteiger partial charge in [-0.25, -0.2) is 19.9 Å². The molecule has 0 bridgehead atoms. The molecule has 2 aromatic carbocycles. The van der Waals surface area contributed by atoms with Crippen LogP contribution in [0.25, 0.3) is 21.9 Å². The number of ether oxygens (including phenoxy) is 1. The number of aromatic nitrogens is 6. The second kappa shape index (κ2) is 9.96.